The van der Waals surface area contributed by atoms with Crippen LogP contribution in [0.2, 0.25) is 0 Å². The Labute approximate surface area is 217 Å². The zero-order valence-electron chi connectivity index (χ0n) is 21.1. The second-order valence-corrected chi connectivity index (χ2v) is 9.13. The number of fused-ring (bicyclic) bond motifs is 1. The predicted molar refractivity (Wildman–Crippen MR) is 138 cm³/mol. The van der Waals surface area contributed by atoms with E-state index in [1.165, 1.54) is 23.2 Å². The van der Waals surface area contributed by atoms with Gasteiger partial charge in [-0.05, 0) is 38.6 Å². The van der Waals surface area contributed by atoms with Crippen molar-refractivity contribution in [1.82, 2.24) is 30.0 Å². The minimum atomic E-state index is -4.69. The predicted octanol–water partition coefficient (Wildman–Crippen LogP) is 4.32. The van der Waals surface area contributed by atoms with Crippen molar-refractivity contribution in [3.8, 4) is 0 Å². The monoisotopic (exact) mass is 531 g/mol. The Bertz CT molecular complexity index is 1350. The highest BCUT2D eigenvalue weighted by atomic mass is 19.4. The summed E-state index contributed by atoms with van der Waals surface area (Å²) >= 11 is 0. The first kappa shape index (κ1) is 27.2. The van der Waals surface area contributed by atoms with Gasteiger partial charge < -0.3 is 15.5 Å². The van der Waals surface area contributed by atoms with Crippen molar-refractivity contribution in [2.75, 3.05) is 32.0 Å². The highest BCUT2D eigenvalue weighted by Gasteiger charge is 2.35. The van der Waals surface area contributed by atoms with E-state index in [2.05, 4.69) is 32.3 Å². The molecule has 0 radical (unpaired) electrons. The van der Waals surface area contributed by atoms with Gasteiger partial charge in [0.25, 0.3) is 5.91 Å². The lowest BCUT2D eigenvalue weighted by molar-refractivity contribution is -0.0688. The van der Waals surface area contributed by atoms with Crippen molar-refractivity contribution in [3.63, 3.8) is 0 Å². The van der Waals surface area contributed by atoms with Crippen LogP contribution >= 0.6 is 0 Å². The number of hydrogen-bond donors (Lipinski definition) is 2. The number of nitrogens with one attached hydrogen (secondary N) is 2. The van der Waals surface area contributed by atoms with Gasteiger partial charge in [-0.15, -0.1) is 5.10 Å². The van der Waals surface area contributed by atoms with Gasteiger partial charge in [0.15, 0.2) is 0 Å². The van der Waals surface area contributed by atoms with Crippen molar-refractivity contribution in [2.24, 2.45) is 0 Å². The number of aromatic nitrogens is 4. The average Bonchev–Trinajstić information content (AvgIpc) is 3.36. The molecule has 0 spiro atoms. The second-order valence-electron chi connectivity index (χ2n) is 9.13. The maximum Gasteiger partial charge on any atom is 0.417 e. The number of alkyl halides is 4. The van der Waals surface area contributed by atoms with E-state index in [4.69, 9.17) is 0 Å². The summed E-state index contributed by atoms with van der Waals surface area (Å²) in [5, 5.41) is 10.6. The molecule has 2 N–H and O–H groups in total. The molecular formula is C26H29F4N7O. The summed E-state index contributed by atoms with van der Waals surface area (Å²) in [5.41, 5.74) is -0.644. The molecule has 12 heteroatoms. The quantitative estimate of drug-likeness (QED) is 0.421. The molecule has 1 fully saturated rings. The van der Waals surface area contributed by atoms with Crippen molar-refractivity contribution >= 4 is 34.0 Å². The van der Waals surface area contributed by atoms with E-state index in [0.29, 0.717) is 30.6 Å². The van der Waals surface area contributed by atoms with Crippen LogP contribution < -0.4 is 10.6 Å². The van der Waals surface area contributed by atoms with E-state index in [-0.39, 0.29) is 35.7 Å². The molecule has 0 bridgehead atoms. The number of carbonyl (C=O) groups is 1. The third-order valence-electron chi connectivity index (χ3n) is 6.34. The lowest BCUT2D eigenvalue weighted by Crippen LogP contribution is -2.46. The van der Waals surface area contributed by atoms with Gasteiger partial charge in [-0.2, -0.15) is 13.2 Å². The molecule has 4 rings (SSSR count). The number of pyridine rings is 1. The molecule has 202 valence electrons. The van der Waals surface area contributed by atoms with E-state index in [9.17, 15) is 22.4 Å². The fraction of sp³-hybridized carbons (Fsp3) is 0.385. The maximum atomic E-state index is 14.7. The highest BCUT2D eigenvalue weighted by Crippen LogP contribution is 2.37. The van der Waals surface area contributed by atoms with Gasteiger partial charge in [-0.25, -0.2) is 14.4 Å². The number of likely N-dealkylation sites (tertiary alicyclic amines) is 1. The zero-order valence-corrected chi connectivity index (χ0v) is 21.1. The van der Waals surface area contributed by atoms with Crippen molar-refractivity contribution in [3.05, 3.63) is 60.5 Å². The maximum absolute atomic E-state index is 14.7. The molecule has 0 unspecified atom stereocenters. The largest absolute Gasteiger partial charge is 0.417 e. The summed E-state index contributed by atoms with van der Waals surface area (Å²) in [6.07, 6.45) is -0.744. The van der Waals surface area contributed by atoms with Crippen LogP contribution in [0.25, 0.3) is 22.4 Å². The number of amides is 1. The molecule has 1 aliphatic heterocycles. The molecule has 8 nitrogen and oxygen atoms in total. The highest BCUT2D eigenvalue weighted by molar-refractivity contribution is 6.01. The molecular weight excluding hydrogens is 502 g/mol. The van der Waals surface area contributed by atoms with Gasteiger partial charge >= 0.3 is 6.18 Å². The van der Waals surface area contributed by atoms with Gasteiger partial charge in [0.05, 0.1) is 23.0 Å². The Morgan fingerprint density at radius 3 is 2.76 bits per heavy atom. The zero-order chi connectivity index (χ0) is 27.4. The molecule has 38 heavy (non-hydrogen) atoms. The fourth-order valence-electron chi connectivity index (χ4n) is 4.25. The molecule has 0 saturated carbocycles. The summed E-state index contributed by atoms with van der Waals surface area (Å²) in [6.45, 7) is 6.73. The smallest absolute Gasteiger partial charge is 0.379 e. The topological polar surface area (TPSA) is 88.0 Å². The van der Waals surface area contributed by atoms with Crippen molar-refractivity contribution < 1.29 is 22.4 Å². The van der Waals surface area contributed by atoms with Gasteiger partial charge in [0.1, 0.15) is 12.5 Å². The van der Waals surface area contributed by atoms with Gasteiger partial charge in [-0.3, -0.25) is 9.48 Å². The summed E-state index contributed by atoms with van der Waals surface area (Å²) in [5.74, 6) is -0.464. The lowest BCUT2D eigenvalue weighted by atomic mass is 9.99. The number of benzene rings is 1. The fourth-order valence-corrected chi connectivity index (χ4v) is 4.25. The third-order valence-corrected chi connectivity index (χ3v) is 6.34. The number of anilines is 1. The van der Waals surface area contributed by atoms with E-state index in [1.807, 2.05) is 18.9 Å². The molecule has 1 aliphatic rings. The molecule has 3 aromatic rings. The number of carbonyl (C=O) groups excluding carboxylic acids is 1. The minimum Gasteiger partial charge on any atom is -0.379 e. The minimum absolute atomic E-state index is 0.0173. The van der Waals surface area contributed by atoms with Crippen LogP contribution in [0, 0.1) is 0 Å². The van der Waals surface area contributed by atoms with Crippen LogP contribution in [-0.2, 0) is 6.54 Å². The second kappa shape index (κ2) is 11.3. The van der Waals surface area contributed by atoms with Crippen LogP contribution in [0.5, 0.6) is 0 Å². The number of rotatable bonds is 8. The van der Waals surface area contributed by atoms with E-state index in [0.717, 1.165) is 0 Å². The molecule has 3 heterocycles. The van der Waals surface area contributed by atoms with Gasteiger partial charge in [0, 0.05) is 42.6 Å². The van der Waals surface area contributed by atoms with Gasteiger partial charge in [0.2, 0.25) is 5.82 Å². The van der Waals surface area contributed by atoms with E-state index in [1.54, 1.807) is 24.3 Å². The van der Waals surface area contributed by atoms with Crippen LogP contribution in [0.4, 0.5) is 23.2 Å². The van der Waals surface area contributed by atoms with Crippen LogP contribution in [0.3, 0.4) is 0 Å². The number of nitrogens with zero attached hydrogens (tertiary/aromatic N) is 5. The van der Waals surface area contributed by atoms with Crippen LogP contribution in [0.15, 0.2) is 43.2 Å². The van der Waals surface area contributed by atoms with Crippen molar-refractivity contribution in [2.45, 2.75) is 38.3 Å². The molecule has 1 aromatic carbocycles. The Kier molecular flexibility index (Phi) is 8.10. The Morgan fingerprint density at radius 2 is 2.08 bits per heavy atom. The first-order chi connectivity index (χ1) is 18.1. The molecule has 0 aliphatic carbocycles. The Hall–Kier alpha value is -3.80. The van der Waals surface area contributed by atoms with Gasteiger partial charge in [-0.1, -0.05) is 24.8 Å². The first-order valence-corrected chi connectivity index (χ1v) is 12.2. The van der Waals surface area contributed by atoms with Crippen LogP contribution in [0.1, 0.15) is 35.4 Å². The molecule has 1 amide bonds. The number of hydrogen-bond acceptors (Lipinski definition) is 6. The third kappa shape index (κ3) is 6.18. The lowest BCUT2D eigenvalue weighted by Gasteiger charge is -2.33. The van der Waals surface area contributed by atoms with Crippen molar-refractivity contribution in [1.29, 1.82) is 0 Å². The summed E-state index contributed by atoms with van der Waals surface area (Å²) < 4.78 is 57.2. The summed E-state index contributed by atoms with van der Waals surface area (Å²) in [7, 11) is 1.84. The number of allylic oxidation sites excluding steroid dienone is 1. The molecule has 1 saturated heterocycles. The number of halogens is 4. The van der Waals surface area contributed by atoms with Crippen LogP contribution in [-0.4, -0.2) is 75.6 Å². The average molecular weight is 532 g/mol. The number of aryl methyl sites for hydroxylation is 1. The Morgan fingerprint density at radius 1 is 1.29 bits per heavy atom. The first-order valence-electron chi connectivity index (χ1n) is 12.2. The van der Waals surface area contributed by atoms with E-state index < -0.39 is 29.9 Å². The molecule has 2 atom stereocenters. The summed E-state index contributed by atoms with van der Waals surface area (Å²) in [6, 6.07) is 6.02. The SMILES string of the molecule is C=C(c1nc(/C=C/CNC(=O)c2ncn(CC)n2)cc2c(N[C@@H]3CCN(C)C[C@@H]3F)cccc12)C(F)(F)F. The normalized spacial score (nSPS) is 18.7. The number of piperidine rings is 1. The summed E-state index contributed by atoms with van der Waals surface area (Å²) in [4.78, 5) is 22.3. The van der Waals surface area contributed by atoms with E-state index >= 15 is 0 Å². The molecule has 2 aromatic heterocycles. The Balaban J connectivity index is 1.62. The standard InChI is InChI=1S/C26H29F4N7O/c1-4-37-15-32-24(35-37)25(38)31-11-6-7-17-13-19-18(23(33-17)16(2)26(28,29)30)8-5-9-21(19)34-22-10-12-36(3)14-20(22)27/h5-9,13,15,20,22,34H,2,4,10-12,14H2,1,3H3,(H,31,38)/b7-6+/t20-,22+/m0/s1.